The highest BCUT2D eigenvalue weighted by Gasteiger charge is 2.34. The zero-order valence-electron chi connectivity index (χ0n) is 11.1. The van der Waals surface area contributed by atoms with Crippen LogP contribution in [0, 0.1) is 0 Å². The van der Waals surface area contributed by atoms with Crippen LogP contribution >= 0.6 is 0 Å². The average Bonchev–Trinajstić information content (AvgIpc) is 3.27. The van der Waals surface area contributed by atoms with Gasteiger partial charge in [-0.25, -0.2) is 0 Å². The average molecular weight is 276 g/mol. The zero-order chi connectivity index (χ0) is 14.7. The molecule has 0 atom stereocenters. The molecule has 0 aromatic heterocycles. The molecule has 1 aromatic rings. The van der Waals surface area contributed by atoms with Gasteiger partial charge < -0.3 is 15.3 Å². The van der Waals surface area contributed by atoms with Gasteiger partial charge in [0.1, 0.15) is 6.54 Å². The van der Waals surface area contributed by atoms with E-state index in [9.17, 15) is 14.4 Å². The molecule has 0 aliphatic heterocycles. The Bertz CT molecular complexity index is 552. The van der Waals surface area contributed by atoms with Crippen LogP contribution in [0.5, 0.6) is 0 Å². The summed E-state index contributed by atoms with van der Waals surface area (Å²) in [7, 11) is 1.51. The smallest absolute Gasteiger partial charge is 0.323 e. The van der Waals surface area contributed by atoms with E-state index in [1.807, 2.05) is 0 Å². The Morgan fingerprint density at radius 3 is 2.50 bits per heavy atom. The molecule has 2 rings (SSSR count). The summed E-state index contributed by atoms with van der Waals surface area (Å²) in [5, 5.41) is 11.4. The highest BCUT2D eigenvalue weighted by molar-refractivity contribution is 6.00. The second kappa shape index (κ2) is 5.73. The molecule has 1 aliphatic carbocycles. The fourth-order valence-electron chi connectivity index (χ4n) is 2.00. The van der Waals surface area contributed by atoms with Crippen molar-refractivity contribution in [2.45, 2.75) is 18.9 Å². The normalized spacial score (nSPS) is 13.7. The molecule has 0 saturated heterocycles. The highest BCUT2D eigenvalue weighted by Crippen LogP contribution is 2.28. The molecule has 0 radical (unpaired) electrons. The second-order valence-corrected chi connectivity index (χ2v) is 4.72. The van der Waals surface area contributed by atoms with Gasteiger partial charge in [-0.2, -0.15) is 0 Å². The summed E-state index contributed by atoms with van der Waals surface area (Å²) < 4.78 is 0. The summed E-state index contributed by atoms with van der Waals surface area (Å²) in [6.45, 7) is -0.312. The minimum atomic E-state index is -1.03. The van der Waals surface area contributed by atoms with E-state index in [1.54, 1.807) is 18.2 Å². The first-order valence-corrected chi connectivity index (χ1v) is 6.38. The van der Waals surface area contributed by atoms with Gasteiger partial charge in [0.2, 0.25) is 0 Å². The molecular formula is C14H16N2O4. The number of amides is 2. The maximum atomic E-state index is 12.4. The Morgan fingerprint density at radius 2 is 1.95 bits per heavy atom. The van der Waals surface area contributed by atoms with E-state index < -0.39 is 5.97 Å². The first kappa shape index (κ1) is 14.0. The van der Waals surface area contributed by atoms with E-state index in [0.29, 0.717) is 11.1 Å². The van der Waals surface area contributed by atoms with Gasteiger partial charge in [-0.3, -0.25) is 14.4 Å². The van der Waals surface area contributed by atoms with Gasteiger partial charge in [0, 0.05) is 24.2 Å². The molecule has 20 heavy (non-hydrogen) atoms. The van der Waals surface area contributed by atoms with Crippen LogP contribution in [0.25, 0.3) is 0 Å². The van der Waals surface area contributed by atoms with Crippen molar-refractivity contribution in [3.63, 3.8) is 0 Å². The topological polar surface area (TPSA) is 86.7 Å². The number of nitrogens with zero attached hydrogens (tertiary/aromatic N) is 1. The van der Waals surface area contributed by atoms with Crippen LogP contribution in [0.1, 0.15) is 33.6 Å². The molecule has 0 heterocycles. The standard InChI is InChI=1S/C14H16N2O4/c1-15-13(19)9-3-2-4-10(7-9)14(20)16(8-12(17)18)11-5-6-11/h2-4,7,11H,5-6,8H2,1H3,(H,15,19)(H,17,18). The summed E-state index contributed by atoms with van der Waals surface area (Å²) in [5.74, 6) is -1.66. The lowest BCUT2D eigenvalue weighted by Gasteiger charge is -2.20. The van der Waals surface area contributed by atoms with Crippen molar-refractivity contribution in [3.8, 4) is 0 Å². The molecular weight excluding hydrogens is 260 g/mol. The number of hydrogen-bond donors (Lipinski definition) is 2. The van der Waals surface area contributed by atoms with Crippen LogP contribution in [-0.4, -0.2) is 47.4 Å². The Morgan fingerprint density at radius 1 is 1.30 bits per heavy atom. The lowest BCUT2D eigenvalue weighted by Crippen LogP contribution is -2.37. The third-order valence-corrected chi connectivity index (χ3v) is 3.15. The van der Waals surface area contributed by atoms with Crippen molar-refractivity contribution in [2.24, 2.45) is 0 Å². The molecule has 0 spiro atoms. The van der Waals surface area contributed by atoms with Gasteiger partial charge in [0.15, 0.2) is 0 Å². The summed E-state index contributed by atoms with van der Waals surface area (Å²) >= 11 is 0. The zero-order valence-corrected chi connectivity index (χ0v) is 11.1. The number of benzene rings is 1. The number of hydrogen-bond acceptors (Lipinski definition) is 3. The number of rotatable bonds is 5. The first-order chi connectivity index (χ1) is 9.52. The molecule has 0 bridgehead atoms. The molecule has 0 unspecified atom stereocenters. The number of carboxylic acid groups (broad SMARTS) is 1. The fourth-order valence-corrected chi connectivity index (χ4v) is 2.00. The van der Waals surface area contributed by atoms with Crippen LogP contribution in [0.3, 0.4) is 0 Å². The van der Waals surface area contributed by atoms with Crippen molar-refractivity contribution in [1.82, 2.24) is 10.2 Å². The monoisotopic (exact) mass is 276 g/mol. The molecule has 1 saturated carbocycles. The van der Waals surface area contributed by atoms with Gasteiger partial charge in [-0.1, -0.05) is 6.07 Å². The summed E-state index contributed by atoms with van der Waals surface area (Å²) in [6.07, 6.45) is 1.66. The molecule has 6 nitrogen and oxygen atoms in total. The van der Waals surface area contributed by atoms with E-state index in [0.717, 1.165) is 12.8 Å². The van der Waals surface area contributed by atoms with E-state index in [-0.39, 0.29) is 24.4 Å². The SMILES string of the molecule is CNC(=O)c1cccc(C(=O)N(CC(=O)O)C2CC2)c1. The van der Waals surface area contributed by atoms with Crippen LogP contribution in [0.2, 0.25) is 0 Å². The molecule has 2 N–H and O–H groups in total. The van der Waals surface area contributed by atoms with Crippen LogP contribution in [0.4, 0.5) is 0 Å². The number of aliphatic carboxylic acids is 1. The number of nitrogens with one attached hydrogen (secondary N) is 1. The molecule has 1 aliphatic rings. The van der Waals surface area contributed by atoms with E-state index in [2.05, 4.69) is 5.32 Å². The van der Waals surface area contributed by atoms with Crippen LogP contribution in [-0.2, 0) is 4.79 Å². The highest BCUT2D eigenvalue weighted by atomic mass is 16.4. The van der Waals surface area contributed by atoms with Crippen LogP contribution < -0.4 is 5.32 Å². The van der Waals surface area contributed by atoms with Crippen molar-refractivity contribution in [3.05, 3.63) is 35.4 Å². The van der Waals surface area contributed by atoms with Gasteiger partial charge >= 0.3 is 5.97 Å². The molecule has 6 heteroatoms. The Hall–Kier alpha value is -2.37. The summed E-state index contributed by atoms with van der Waals surface area (Å²) in [5.41, 5.74) is 0.712. The van der Waals surface area contributed by atoms with Gasteiger partial charge in [0.05, 0.1) is 0 Å². The minimum absolute atomic E-state index is 0.00209. The number of carbonyl (C=O) groups is 3. The van der Waals surface area contributed by atoms with E-state index >= 15 is 0 Å². The lowest BCUT2D eigenvalue weighted by atomic mass is 10.1. The van der Waals surface area contributed by atoms with Gasteiger partial charge in [-0.15, -0.1) is 0 Å². The maximum Gasteiger partial charge on any atom is 0.323 e. The van der Waals surface area contributed by atoms with Crippen molar-refractivity contribution < 1.29 is 19.5 Å². The first-order valence-electron chi connectivity index (χ1n) is 6.38. The minimum Gasteiger partial charge on any atom is -0.480 e. The molecule has 106 valence electrons. The lowest BCUT2D eigenvalue weighted by molar-refractivity contribution is -0.137. The van der Waals surface area contributed by atoms with Crippen molar-refractivity contribution >= 4 is 17.8 Å². The van der Waals surface area contributed by atoms with E-state index in [1.165, 1.54) is 18.0 Å². The molecule has 1 aromatic carbocycles. The summed E-state index contributed by atoms with van der Waals surface area (Å²) in [4.78, 5) is 36.1. The number of carboxylic acids is 1. The maximum absolute atomic E-state index is 12.4. The molecule has 1 fully saturated rings. The van der Waals surface area contributed by atoms with Crippen molar-refractivity contribution in [2.75, 3.05) is 13.6 Å². The predicted molar refractivity (Wildman–Crippen MR) is 71.5 cm³/mol. The van der Waals surface area contributed by atoms with Gasteiger partial charge in [-0.05, 0) is 31.0 Å². The summed E-state index contributed by atoms with van der Waals surface area (Å²) in [6, 6.07) is 6.30. The second-order valence-electron chi connectivity index (χ2n) is 4.72. The number of carbonyl (C=O) groups excluding carboxylic acids is 2. The molecule has 2 amide bonds. The largest absolute Gasteiger partial charge is 0.480 e. The predicted octanol–water partition coefficient (Wildman–Crippen LogP) is 0.735. The quantitative estimate of drug-likeness (QED) is 0.830. The third kappa shape index (κ3) is 3.14. The Kier molecular flexibility index (Phi) is 4.02. The fraction of sp³-hybridized carbons (Fsp3) is 0.357. The Balaban J connectivity index is 2.22. The Labute approximate surface area is 116 Å². The third-order valence-electron chi connectivity index (χ3n) is 3.15. The van der Waals surface area contributed by atoms with Crippen molar-refractivity contribution in [1.29, 1.82) is 0 Å². The van der Waals surface area contributed by atoms with E-state index in [4.69, 9.17) is 5.11 Å². The van der Waals surface area contributed by atoms with Crippen LogP contribution in [0.15, 0.2) is 24.3 Å². The van der Waals surface area contributed by atoms with Gasteiger partial charge in [0.25, 0.3) is 11.8 Å².